The zero-order valence-electron chi connectivity index (χ0n) is 13.5. The molecule has 0 unspecified atom stereocenters. The van der Waals surface area contributed by atoms with Gasteiger partial charge in [-0.2, -0.15) is 0 Å². The summed E-state index contributed by atoms with van der Waals surface area (Å²) in [5.74, 6) is -0.160. The second-order valence-electron chi connectivity index (χ2n) is 5.46. The summed E-state index contributed by atoms with van der Waals surface area (Å²) in [7, 11) is 0. The Morgan fingerprint density at radius 1 is 1.24 bits per heavy atom. The quantitative estimate of drug-likeness (QED) is 0.680. The molecule has 0 saturated heterocycles. The molecule has 2 aromatic heterocycles. The first kappa shape index (κ1) is 17.6. The fourth-order valence-corrected chi connectivity index (χ4v) is 3.49. The fourth-order valence-electron chi connectivity index (χ4n) is 2.37. The van der Waals surface area contributed by atoms with Crippen LogP contribution in [-0.2, 0) is 11.3 Å². The summed E-state index contributed by atoms with van der Waals surface area (Å²) in [5.41, 5.74) is 1.76. The lowest BCUT2D eigenvalue weighted by Gasteiger charge is -2.04. The molecule has 1 amide bonds. The third-order valence-corrected chi connectivity index (χ3v) is 5.05. The highest BCUT2D eigenvalue weighted by molar-refractivity contribution is 9.10. The Morgan fingerprint density at radius 3 is 2.72 bits per heavy atom. The van der Waals surface area contributed by atoms with Gasteiger partial charge in [-0.1, -0.05) is 34.1 Å². The van der Waals surface area contributed by atoms with E-state index in [1.807, 2.05) is 31.2 Å². The number of halogens is 1. The van der Waals surface area contributed by atoms with Crippen molar-refractivity contribution in [1.29, 1.82) is 0 Å². The van der Waals surface area contributed by atoms with Gasteiger partial charge in [0.2, 0.25) is 5.91 Å². The zero-order valence-corrected chi connectivity index (χ0v) is 15.9. The van der Waals surface area contributed by atoms with E-state index in [1.165, 1.54) is 22.0 Å². The number of carbonyl (C=O) groups excluding carboxylic acids is 1. The van der Waals surface area contributed by atoms with Crippen molar-refractivity contribution < 1.29 is 4.79 Å². The molecule has 0 radical (unpaired) electrons. The number of hydrogen-bond donors (Lipinski definition) is 1. The first-order valence-corrected chi connectivity index (χ1v) is 9.32. The molecule has 0 spiro atoms. The van der Waals surface area contributed by atoms with Crippen molar-refractivity contribution in [3.8, 4) is 11.3 Å². The predicted octanol–water partition coefficient (Wildman–Crippen LogP) is 4.07. The van der Waals surface area contributed by atoms with Crippen LogP contribution in [0.25, 0.3) is 11.3 Å². The van der Waals surface area contributed by atoms with Gasteiger partial charge >= 0.3 is 0 Å². The Kier molecular flexibility index (Phi) is 5.45. The molecule has 0 atom stereocenters. The maximum atomic E-state index is 12.1. The number of aryl methyl sites for hydroxylation is 2. The average Bonchev–Trinajstić information content (AvgIpc) is 2.95. The lowest BCUT2D eigenvalue weighted by molar-refractivity contribution is -0.116. The van der Waals surface area contributed by atoms with Crippen LogP contribution in [0.5, 0.6) is 0 Å². The van der Waals surface area contributed by atoms with Crippen molar-refractivity contribution >= 4 is 38.3 Å². The molecule has 7 heteroatoms. The second kappa shape index (κ2) is 7.76. The number of aromatic nitrogens is 2. The molecule has 0 bridgehead atoms. The molecule has 5 nitrogen and oxygen atoms in total. The SMILES string of the molecule is Cc1sc(NC(=O)CCn2ccccc2=O)nc1-c1ccc(Br)cc1. The fraction of sp³-hybridized carbons (Fsp3) is 0.167. The number of hydrogen-bond acceptors (Lipinski definition) is 4. The molecule has 0 aliphatic rings. The zero-order chi connectivity index (χ0) is 17.8. The minimum Gasteiger partial charge on any atom is -0.315 e. The number of pyridine rings is 1. The van der Waals surface area contributed by atoms with Crippen LogP contribution in [-0.4, -0.2) is 15.5 Å². The van der Waals surface area contributed by atoms with Crippen molar-refractivity contribution in [2.45, 2.75) is 19.9 Å². The van der Waals surface area contributed by atoms with E-state index in [0.29, 0.717) is 11.7 Å². The number of rotatable bonds is 5. The molecule has 0 aliphatic heterocycles. The molecule has 2 heterocycles. The second-order valence-corrected chi connectivity index (χ2v) is 7.58. The van der Waals surface area contributed by atoms with E-state index in [0.717, 1.165) is 20.6 Å². The van der Waals surface area contributed by atoms with Gasteiger partial charge in [-0.3, -0.25) is 9.59 Å². The van der Waals surface area contributed by atoms with Gasteiger partial charge in [-0.05, 0) is 25.1 Å². The number of amides is 1. The molecule has 0 aliphatic carbocycles. The summed E-state index contributed by atoms with van der Waals surface area (Å²) in [6, 6.07) is 12.8. The van der Waals surface area contributed by atoms with Crippen LogP contribution >= 0.6 is 27.3 Å². The highest BCUT2D eigenvalue weighted by atomic mass is 79.9. The average molecular weight is 418 g/mol. The van der Waals surface area contributed by atoms with Crippen LogP contribution < -0.4 is 10.9 Å². The molecule has 25 heavy (non-hydrogen) atoms. The molecule has 0 saturated carbocycles. The first-order valence-electron chi connectivity index (χ1n) is 7.71. The van der Waals surface area contributed by atoms with Crippen molar-refractivity contribution in [3.05, 3.63) is 68.4 Å². The van der Waals surface area contributed by atoms with Crippen LogP contribution in [0.4, 0.5) is 5.13 Å². The van der Waals surface area contributed by atoms with Crippen LogP contribution in [0, 0.1) is 6.92 Å². The highest BCUT2D eigenvalue weighted by Gasteiger charge is 2.12. The number of benzene rings is 1. The number of nitrogens with one attached hydrogen (secondary N) is 1. The highest BCUT2D eigenvalue weighted by Crippen LogP contribution is 2.31. The minimum atomic E-state index is -0.160. The molecular weight excluding hydrogens is 402 g/mol. The van der Waals surface area contributed by atoms with Gasteiger partial charge < -0.3 is 9.88 Å². The summed E-state index contributed by atoms with van der Waals surface area (Å²) in [6.07, 6.45) is 1.89. The van der Waals surface area contributed by atoms with Crippen molar-refractivity contribution in [2.75, 3.05) is 5.32 Å². The lowest BCUT2D eigenvalue weighted by Crippen LogP contribution is -2.21. The summed E-state index contributed by atoms with van der Waals surface area (Å²) >= 11 is 4.86. The lowest BCUT2D eigenvalue weighted by atomic mass is 10.1. The number of thiazole rings is 1. The predicted molar refractivity (Wildman–Crippen MR) is 104 cm³/mol. The van der Waals surface area contributed by atoms with E-state index in [9.17, 15) is 9.59 Å². The van der Waals surface area contributed by atoms with Crippen LogP contribution in [0.3, 0.4) is 0 Å². The number of anilines is 1. The molecular formula is C18H16BrN3O2S. The molecule has 128 valence electrons. The van der Waals surface area contributed by atoms with E-state index >= 15 is 0 Å². The van der Waals surface area contributed by atoms with Gasteiger partial charge in [0.05, 0.1) is 5.69 Å². The van der Waals surface area contributed by atoms with Crippen LogP contribution in [0.15, 0.2) is 57.9 Å². The van der Waals surface area contributed by atoms with Gasteiger partial charge in [-0.25, -0.2) is 4.98 Å². The van der Waals surface area contributed by atoms with Crippen molar-refractivity contribution in [2.24, 2.45) is 0 Å². The largest absolute Gasteiger partial charge is 0.315 e. The molecule has 3 rings (SSSR count). The number of carbonyl (C=O) groups is 1. The van der Waals surface area contributed by atoms with E-state index in [4.69, 9.17) is 0 Å². The van der Waals surface area contributed by atoms with Gasteiger partial charge in [0.25, 0.3) is 5.56 Å². The van der Waals surface area contributed by atoms with Gasteiger partial charge in [-0.15, -0.1) is 11.3 Å². The summed E-state index contributed by atoms with van der Waals surface area (Å²) in [5, 5.41) is 3.39. The Labute approximate surface area is 157 Å². The molecule has 1 aromatic carbocycles. The molecule has 0 fully saturated rings. The van der Waals surface area contributed by atoms with Crippen molar-refractivity contribution in [1.82, 2.24) is 9.55 Å². The minimum absolute atomic E-state index is 0.113. The topological polar surface area (TPSA) is 64.0 Å². The summed E-state index contributed by atoms with van der Waals surface area (Å²) in [4.78, 5) is 29.3. The first-order chi connectivity index (χ1) is 12.0. The van der Waals surface area contributed by atoms with Crippen LogP contribution in [0.2, 0.25) is 0 Å². The normalized spacial score (nSPS) is 10.6. The Bertz CT molecular complexity index is 947. The molecule has 3 aromatic rings. The third kappa shape index (κ3) is 4.43. The van der Waals surface area contributed by atoms with Gasteiger partial charge in [0.1, 0.15) is 0 Å². The Balaban J connectivity index is 1.66. The maximum absolute atomic E-state index is 12.1. The van der Waals surface area contributed by atoms with Crippen molar-refractivity contribution in [3.63, 3.8) is 0 Å². The molecule has 1 N–H and O–H groups in total. The standard InChI is InChI=1S/C18H16BrN3O2S/c1-12-17(13-5-7-14(19)8-6-13)21-18(25-12)20-15(23)9-11-22-10-3-2-4-16(22)24/h2-8,10H,9,11H2,1H3,(H,20,21,23). The summed E-state index contributed by atoms with van der Waals surface area (Å²) < 4.78 is 2.52. The monoisotopic (exact) mass is 417 g/mol. The number of nitrogens with zero attached hydrogens (tertiary/aromatic N) is 2. The smallest absolute Gasteiger partial charge is 0.250 e. The third-order valence-electron chi connectivity index (χ3n) is 3.64. The van der Waals surface area contributed by atoms with E-state index in [1.54, 1.807) is 18.3 Å². The van der Waals surface area contributed by atoms with E-state index in [-0.39, 0.29) is 17.9 Å². The van der Waals surface area contributed by atoms with E-state index in [2.05, 4.69) is 26.2 Å². The Morgan fingerprint density at radius 2 is 2.00 bits per heavy atom. The van der Waals surface area contributed by atoms with Gasteiger partial charge in [0.15, 0.2) is 5.13 Å². The van der Waals surface area contributed by atoms with E-state index < -0.39 is 0 Å². The van der Waals surface area contributed by atoms with Gasteiger partial charge in [0, 0.05) is 40.1 Å². The summed E-state index contributed by atoms with van der Waals surface area (Å²) in [6.45, 7) is 2.32. The maximum Gasteiger partial charge on any atom is 0.250 e. The van der Waals surface area contributed by atoms with Crippen LogP contribution in [0.1, 0.15) is 11.3 Å². The Hall–Kier alpha value is -2.25.